The lowest BCUT2D eigenvalue weighted by atomic mass is 10.3. The molecule has 0 radical (unpaired) electrons. The minimum atomic E-state index is -3.05. The summed E-state index contributed by atoms with van der Waals surface area (Å²) < 4.78 is 22.2. The Kier molecular flexibility index (Phi) is 6.61. The van der Waals surface area contributed by atoms with Gasteiger partial charge in [0.1, 0.15) is 7.14 Å². The van der Waals surface area contributed by atoms with Crippen LogP contribution in [-0.4, -0.2) is 43.6 Å². The van der Waals surface area contributed by atoms with Crippen molar-refractivity contribution in [2.75, 3.05) is 20.4 Å². The summed E-state index contributed by atoms with van der Waals surface area (Å²) in [6.45, 7) is 7.31. The second-order valence-electron chi connectivity index (χ2n) is 4.97. The number of hydrogen-bond donors (Lipinski definition) is 0. The first-order chi connectivity index (χ1) is 8.20. The molecule has 1 atom stereocenters. The van der Waals surface area contributed by atoms with Gasteiger partial charge in [-0.25, -0.2) is 0 Å². The van der Waals surface area contributed by atoms with Crippen molar-refractivity contribution in [2.45, 2.75) is 39.0 Å². The highest BCUT2D eigenvalue weighted by Gasteiger charge is 2.47. The van der Waals surface area contributed by atoms with Crippen LogP contribution in [0.25, 0.3) is 0 Å². The van der Waals surface area contributed by atoms with E-state index in [9.17, 15) is 14.2 Å². The van der Waals surface area contributed by atoms with Crippen LogP contribution in [0, 0.1) is 5.92 Å². The molecular formula is C12H23O5P. The molecule has 0 rings (SSSR count). The van der Waals surface area contributed by atoms with Crippen molar-refractivity contribution >= 4 is 19.1 Å². The van der Waals surface area contributed by atoms with Gasteiger partial charge in [0.2, 0.25) is 5.66 Å². The van der Waals surface area contributed by atoms with Gasteiger partial charge in [-0.1, -0.05) is 27.7 Å². The second kappa shape index (κ2) is 6.93. The van der Waals surface area contributed by atoms with Gasteiger partial charge in [-0.2, -0.15) is 0 Å². The molecule has 5 nitrogen and oxygen atoms in total. The molecule has 0 aliphatic rings. The van der Waals surface area contributed by atoms with Crippen molar-refractivity contribution in [3.63, 3.8) is 0 Å². The number of hydrogen-bond acceptors (Lipinski definition) is 5. The normalized spacial score (nSPS) is 14.7. The third-order valence-corrected chi connectivity index (χ3v) is 7.16. The van der Waals surface area contributed by atoms with Crippen LogP contribution in [0.1, 0.15) is 27.7 Å². The summed E-state index contributed by atoms with van der Waals surface area (Å²) in [5.41, 5.74) is -1.59. The number of carbonyl (C=O) groups is 2. The van der Waals surface area contributed by atoms with Crippen molar-refractivity contribution in [1.29, 1.82) is 0 Å². The summed E-state index contributed by atoms with van der Waals surface area (Å²) >= 11 is 0. The molecule has 0 heterocycles. The van der Waals surface area contributed by atoms with Crippen LogP contribution in [0.5, 0.6) is 0 Å². The van der Waals surface area contributed by atoms with Crippen molar-refractivity contribution < 1.29 is 23.6 Å². The predicted molar refractivity (Wildman–Crippen MR) is 70.3 cm³/mol. The molecule has 0 N–H and O–H groups in total. The lowest BCUT2D eigenvalue weighted by Gasteiger charge is -2.28. The molecule has 0 fully saturated rings. The Bertz CT molecular complexity index is 332. The summed E-state index contributed by atoms with van der Waals surface area (Å²) in [6.07, 6.45) is 0.319. The molecular weight excluding hydrogens is 255 g/mol. The standard InChI is InChI=1S/C12H23O5P/c1-8(2)7-18(15,9(3)4)10(11(13)16-5)12(14)17-6/h8-10H,7H2,1-6H3. The van der Waals surface area contributed by atoms with Crippen molar-refractivity contribution in [2.24, 2.45) is 5.92 Å². The average Bonchev–Trinajstić information content (AvgIpc) is 2.27. The summed E-state index contributed by atoms with van der Waals surface area (Å²) in [7, 11) is -0.694. The Labute approximate surface area is 109 Å². The lowest BCUT2D eigenvalue weighted by molar-refractivity contribution is -0.150. The van der Waals surface area contributed by atoms with E-state index in [1.165, 1.54) is 14.2 Å². The second-order valence-corrected chi connectivity index (χ2v) is 8.60. The van der Waals surface area contributed by atoms with Crippen molar-refractivity contribution in [3.05, 3.63) is 0 Å². The Balaban J connectivity index is 5.56. The molecule has 0 bridgehead atoms. The number of esters is 2. The lowest BCUT2D eigenvalue weighted by Crippen LogP contribution is -2.36. The number of ether oxygens (including phenoxy) is 2. The van der Waals surface area contributed by atoms with Gasteiger partial charge in [0, 0.05) is 11.8 Å². The SMILES string of the molecule is COC(=O)C(C(=O)OC)P(=O)(CC(C)C)C(C)C. The number of carbonyl (C=O) groups excluding carboxylic acids is 2. The van der Waals surface area contributed by atoms with E-state index in [2.05, 4.69) is 9.47 Å². The largest absolute Gasteiger partial charge is 0.468 e. The number of methoxy groups -OCH3 is 2. The van der Waals surface area contributed by atoms with Crippen LogP contribution in [0.2, 0.25) is 0 Å². The predicted octanol–water partition coefficient (Wildman–Crippen LogP) is 2.13. The van der Waals surface area contributed by atoms with Crippen LogP contribution >= 0.6 is 7.14 Å². The zero-order chi connectivity index (χ0) is 14.5. The van der Waals surface area contributed by atoms with E-state index >= 15 is 0 Å². The molecule has 0 aromatic heterocycles. The fourth-order valence-corrected chi connectivity index (χ4v) is 5.16. The third kappa shape index (κ3) is 3.84. The zero-order valence-corrected chi connectivity index (χ0v) is 12.8. The van der Waals surface area contributed by atoms with Crippen LogP contribution < -0.4 is 0 Å². The molecule has 6 heteroatoms. The van der Waals surface area contributed by atoms with Gasteiger partial charge in [-0.3, -0.25) is 9.59 Å². The van der Waals surface area contributed by atoms with E-state index in [0.717, 1.165) is 0 Å². The topological polar surface area (TPSA) is 69.7 Å². The van der Waals surface area contributed by atoms with Gasteiger partial charge in [0.05, 0.1) is 14.2 Å². The maximum atomic E-state index is 13.0. The Hall–Kier alpha value is -0.830. The highest BCUT2D eigenvalue weighted by Crippen LogP contribution is 2.57. The van der Waals surface area contributed by atoms with Gasteiger partial charge in [-0.15, -0.1) is 0 Å². The van der Waals surface area contributed by atoms with Crippen LogP contribution in [0.15, 0.2) is 0 Å². The summed E-state index contributed by atoms with van der Waals surface area (Å²) in [5.74, 6) is -1.44. The smallest absolute Gasteiger partial charge is 0.327 e. The summed E-state index contributed by atoms with van der Waals surface area (Å²) in [4.78, 5) is 23.5. The number of rotatable bonds is 6. The summed E-state index contributed by atoms with van der Waals surface area (Å²) in [5, 5.41) is 0. The highest BCUT2D eigenvalue weighted by atomic mass is 31.2. The molecule has 0 spiro atoms. The van der Waals surface area contributed by atoms with Crippen LogP contribution in [-0.2, 0) is 23.6 Å². The van der Waals surface area contributed by atoms with Gasteiger partial charge in [0.15, 0.2) is 0 Å². The minimum Gasteiger partial charge on any atom is -0.468 e. The molecule has 18 heavy (non-hydrogen) atoms. The van der Waals surface area contributed by atoms with Gasteiger partial charge in [-0.05, 0) is 5.92 Å². The minimum absolute atomic E-state index is 0.120. The fourth-order valence-electron chi connectivity index (χ4n) is 1.86. The van der Waals surface area contributed by atoms with Gasteiger partial charge < -0.3 is 14.0 Å². The molecule has 0 aromatic carbocycles. The van der Waals surface area contributed by atoms with E-state index in [1.54, 1.807) is 13.8 Å². The molecule has 1 unspecified atom stereocenters. The third-order valence-electron chi connectivity index (χ3n) is 2.81. The maximum absolute atomic E-state index is 13.0. The Morgan fingerprint density at radius 3 is 1.61 bits per heavy atom. The van der Waals surface area contributed by atoms with Gasteiger partial charge in [0.25, 0.3) is 0 Å². The summed E-state index contributed by atoms with van der Waals surface area (Å²) in [6, 6.07) is 0. The molecule has 0 saturated carbocycles. The molecule has 106 valence electrons. The monoisotopic (exact) mass is 278 g/mol. The average molecular weight is 278 g/mol. The first-order valence-corrected chi connectivity index (χ1v) is 7.97. The molecule has 0 aliphatic heterocycles. The first-order valence-electron chi connectivity index (χ1n) is 5.94. The van der Waals surface area contributed by atoms with Gasteiger partial charge >= 0.3 is 11.9 Å². The molecule has 0 saturated heterocycles. The van der Waals surface area contributed by atoms with Crippen LogP contribution in [0.3, 0.4) is 0 Å². The molecule has 0 amide bonds. The quantitative estimate of drug-likeness (QED) is 0.423. The molecule has 0 aromatic rings. The van der Waals surface area contributed by atoms with E-state index in [-0.39, 0.29) is 11.6 Å². The Morgan fingerprint density at radius 1 is 1.00 bits per heavy atom. The fraction of sp³-hybridized carbons (Fsp3) is 0.833. The molecule has 0 aliphatic carbocycles. The zero-order valence-electron chi connectivity index (χ0n) is 11.9. The van der Waals surface area contributed by atoms with Crippen LogP contribution in [0.4, 0.5) is 0 Å². The van der Waals surface area contributed by atoms with Crippen molar-refractivity contribution in [1.82, 2.24) is 0 Å². The van der Waals surface area contributed by atoms with E-state index in [0.29, 0.717) is 6.16 Å². The maximum Gasteiger partial charge on any atom is 0.327 e. The van der Waals surface area contributed by atoms with Crippen molar-refractivity contribution in [3.8, 4) is 0 Å². The highest BCUT2D eigenvalue weighted by molar-refractivity contribution is 7.67. The van der Waals surface area contributed by atoms with E-state index in [4.69, 9.17) is 0 Å². The van der Waals surface area contributed by atoms with E-state index in [1.807, 2.05) is 13.8 Å². The van der Waals surface area contributed by atoms with E-state index < -0.39 is 24.7 Å². The Morgan fingerprint density at radius 2 is 1.39 bits per heavy atom. The first kappa shape index (κ1) is 17.2.